The van der Waals surface area contributed by atoms with E-state index < -0.39 is 10.2 Å². The second-order valence-electron chi connectivity index (χ2n) is 6.56. The van der Waals surface area contributed by atoms with Gasteiger partial charge in [-0.05, 0) is 24.6 Å². The second-order valence-corrected chi connectivity index (χ2v) is 7.35. The van der Waals surface area contributed by atoms with Crippen LogP contribution in [0.2, 0.25) is 0 Å². The summed E-state index contributed by atoms with van der Waals surface area (Å²) >= 11 is 0. The molecule has 0 aliphatic heterocycles. The fourth-order valence-corrected chi connectivity index (χ4v) is 2.92. The molecule has 0 saturated heterocycles. The maximum Gasteiger partial charge on any atom is 0.136 e. The van der Waals surface area contributed by atoms with Gasteiger partial charge in [0.1, 0.15) is 11.3 Å². The summed E-state index contributed by atoms with van der Waals surface area (Å²) in [6.07, 6.45) is 0. The van der Waals surface area contributed by atoms with Crippen LogP contribution in [0.25, 0.3) is 22.3 Å². The average molecular weight is 426 g/mol. The van der Waals surface area contributed by atoms with E-state index in [1.165, 1.54) is 11.1 Å². The number of benzene rings is 3. The number of nitrogens with zero attached hydrogens (tertiary/aromatic N) is 1. The van der Waals surface area contributed by atoms with Crippen LogP contribution in [-0.2, 0) is 6.54 Å². The summed E-state index contributed by atoms with van der Waals surface area (Å²) < 4.78 is 38.9. The van der Waals surface area contributed by atoms with Crippen molar-refractivity contribution in [2.75, 3.05) is 0 Å². The van der Waals surface area contributed by atoms with Crippen molar-refractivity contribution in [2.24, 2.45) is 4.99 Å². The van der Waals surface area contributed by atoms with Gasteiger partial charge in [-0.1, -0.05) is 72.3 Å². The van der Waals surface area contributed by atoms with E-state index in [-0.39, 0.29) is 0 Å². The maximum atomic E-state index is 8.60. The lowest BCUT2D eigenvalue weighted by Gasteiger charge is -2.06. The van der Waals surface area contributed by atoms with Gasteiger partial charge in [-0.15, -0.1) is 0 Å². The summed E-state index contributed by atoms with van der Waals surface area (Å²) in [6, 6.07) is 28.7. The first-order chi connectivity index (χ1) is 14.3. The van der Waals surface area contributed by atoms with Crippen LogP contribution in [0.15, 0.2) is 94.3 Å². The summed E-state index contributed by atoms with van der Waals surface area (Å²) in [4.78, 5) is 4.87. The average Bonchev–Trinajstić information content (AvgIpc) is 2.72. The van der Waals surface area contributed by atoms with Crippen molar-refractivity contribution in [3.63, 3.8) is 0 Å². The van der Waals surface area contributed by atoms with Gasteiger partial charge in [0.2, 0.25) is 0 Å². The van der Waals surface area contributed by atoms with E-state index in [0.29, 0.717) is 6.54 Å². The van der Waals surface area contributed by atoms with Crippen LogP contribution < -0.4 is 19.3 Å². The molecule has 7 heteroatoms. The van der Waals surface area contributed by atoms with Crippen LogP contribution in [0.3, 0.4) is 0 Å². The Balaban J connectivity index is 0.000000461. The van der Waals surface area contributed by atoms with E-state index in [0.717, 1.165) is 27.7 Å². The second kappa shape index (κ2) is 9.67. The fraction of sp³-hybridized carbons (Fsp3) is 0.0870. The molecule has 4 rings (SSSR count). The summed E-state index contributed by atoms with van der Waals surface area (Å²) in [5.74, 6) is 0.837. The molecule has 0 aliphatic rings. The molecule has 6 nitrogen and oxygen atoms in total. The van der Waals surface area contributed by atoms with Gasteiger partial charge in [-0.25, -0.2) is 0 Å². The van der Waals surface area contributed by atoms with Crippen LogP contribution in [0, 0.1) is 17.2 Å². The molecule has 1 aromatic heterocycles. The number of aryl methyl sites for hydroxylation is 1. The van der Waals surface area contributed by atoms with Gasteiger partial charge in [0.05, 0.1) is 26.8 Å². The highest BCUT2D eigenvalue weighted by Crippen LogP contribution is 2.22. The molecular formula is C23H20ClNO5. The molecule has 0 radical (unpaired) electrons. The van der Waals surface area contributed by atoms with Crippen molar-refractivity contribution >= 4 is 11.0 Å². The van der Waals surface area contributed by atoms with E-state index in [2.05, 4.69) is 43.3 Å². The Kier molecular flexibility index (Phi) is 6.99. The van der Waals surface area contributed by atoms with Crippen LogP contribution in [-0.4, -0.2) is 4.66 Å². The lowest BCUT2D eigenvalue weighted by molar-refractivity contribution is -1.92. The van der Waals surface area contributed by atoms with E-state index in [1.54, 1.807) is 0 Å². The van der Waals surface area contributed by atoms with E-state index in [1.807, 2.05) is 48.5 Å². The predicted octanol–water partition coefficient (Wildman–Crippen LogP) is 1.39. The Hall–Kier alpha value is -3.00. The summed E-state index contributed by atoms with van der Waals surface area (Å²) in [5.41, 5.74) is 4.32. The SMILES string of the molecule is Cc1ccc2oc(-c3ccccc3)cc(=NCc3ccccc3)c2c1.[O-][Cl+3]([O-])([O-])O. The van der Waals surface area contributed by atoms with Gasteiger partial charge in [0.15, 0.2) is 0 Å². The maximum absolute atomic E-state index is 8.60. The number of hydrogen-bond donors (Lipinski definition) is 1. The van der Waals surface area contributed by atoms with Crippen LogP contribution in [0.1, 0.15) is 11.1 Å². The summed E-state index contributed by atoms with van der Waals surface area (Å²) in [7, 11) is -4.69. The molecule has 0 bridgehead atoms. The van der Waals surface area contributed by atoms with Crippen LogP contribution >= 0.6 is 0 Å². The molecule has 0 unspecified atom stereocenters. The highest BCUT2D eigenvalue weighted by Gasteiger charge is 2.06. The summed E-state index contributed by atoms with van der Waals surface area (Å²) in [5, 5.41) is 2.02. The number of rotatable bonds is 3. The van der Waals surface area contributed by atoms with Gasteiger partial charge in [-0.3, -0.25) is 4.99 Å². The molecule has 0 amide bonds. The van der Waals surface area contributed by atoms with Crippen LogP contribution in [0.5, 0.6) is 0 Å². The molecule has 3 aromatic carbocycles. The first kappa shape index (κ1) is 21.7. The molecule has 0 saturated carbocycles. The van der Waals surface area contributed by atoms with Gasteiger partial charge in [-0.2, -0.15) is 14.0 Å². The third-order valence-electron chi connectivity index (χ3n) is 4.23. The molecule has 0 fully saturated rings. The molecular weight excluding hydrogens is 406 g/mol. The highest BCUT2D eigenvalue weighted by atomic mass is 35.7. The Morgan fingerprint density at radius 3 is 2.10 bits per heavy atom. The molecule has 30 heavy (non-hydrogen) atoms. The Bertz CT molecular complexity index is 1160. The van der Waals surface area contributed by atoms with Crippen molar-refractivity contribution in [1.29, 1.82) is 0 Å². The molecule has 0 atom stereocenters. The minimum Gasteiger partial charge on any atom is -0.456 e. The largest absolute Gasteiger partial charge is 0.456 e. The Labute approximate surface area is 175 Å². The van der Waals surface area contributed by atoms with Crippen molar-refractivity contribution in [3.05, 3.63) is 101 Å². The number of halogens is 1. The van der Waals surface area contributed by atoms with Gasteiger partial charge < -0.3 is 4.42 Å². The predicted molar refractivity (Wildman–Crippen MR) is 104 cm³/mol. The van der Waals surface area contributed by atoms with Gasteiger partial charge in [0.25, 0.3) is 0 Å². The van der Waals surface area contributed by atoms with Crippen LogP contribution in [0.4, 0.5) is 0 Å². The number of hydrogen-bond acceptors (Lipinski definition) is 6. The first-order valence-electron chi connectivity index (χ1n) is 9.07. The van der Waals surface area contributed by atoms with E-state index in [9.17, 15) is 0 Å². The minimum absolute atomic E-state index is 0.655. The lowest BCUT2D eigenvalue weighted by Crippen LogP contribution is -2.58. The smallest absolute Gasteiger partial charge is 0.136 e. The number of fused-ring (bicyclic) bond motifs is 1. The monoisotopic (exact) mass is 425 g/mol. The molecule has 4 aromatic rings. The zero-order valence-corrected chi connectivity index (χ0v) is 17.0. The van der Waals surface area contributed by atoms with Gasteiger partial charge in [0, 0.05) is 17.0 Å². The van der Waals surface area contributed by atoms with Crippen molar-refractivity contribution in [1.82, 2.24) is 0 Å². The first-order valence-corrected chi connectivity index (χ1v) is 10.3. The van der Waals surface area contributed by atoms with E-state index in [4.69, 9.17) is 28.0 Å². The fourth-order valence-electron chi connectivity index (χ4n) is 2.92. The minimum atomic E-state index is -4.69. The van der Waals surface area contributed by atoms with Crippen molar-refractivity contribution in [2.45, 2.75) is 13.5 Å². The van der Waals surface area contributed by atoms with Gasteiger partial charge >= 0.3 is 0 Å². The topological polar surface area (TPSA) is 115 Å². The standard InChI is InChI=1S/C23H19NO.ClHO4/c1-17-12-13-22-20(14-17)21(24-16-18-8-4-2-5-9-18)15-23(25-22)19-10-6-3-7-11-19;2-1(3,4)5/h2-15H,16H2,1H3;(H,2,3,4,5). The van der Waals surface area contributed by atoms with Crippen molar-refractivity contribution < 1.29 is 33.3 Å². The molecule has 0 spiro atoms. The summed E-state index contributed by atoms with van der Waals surface area (Å²) in [6.45, 7) is 2.74. The lowest BCUT2D eigenvalue weighted by atomic mass is 10.1. The quantitative estimate of drug-likeness (QED) is 0.532. The third-order valence-corrected chi connectivity index (χ3v) is 4.23. The molecule has 154 valence electrons. The highest BCUT2D eigenvalue weighted by molar-refractivity contribution is 5.79. The molecule has 1 N–H and O–H groups in total. The molecule has 0 aliphatic carbocycles. The normalized spacial score (nSPS) is 11.8. The zero-order chi connectivity index (χ0) is 21.6. The van der Waals surface area contributed by atoms with E-state index >= 15 is 0 Å². The van der Waals surface area contributed by atoms with Crippen molar-refractivity contribution in [3.8, 4) is 11.3 Å². The molecule has 1 heterocycles. The zero-order valence-electron chi connectivity index (χ0n) is 16.2. The Morgan fingerprint density at radius 1 is 0.867 bits per heavy atom. The third kappa shape index (κ3) is 6.52. The Morgan fingerprint density at radius 2 is 1.47 bits per heavy atom.